The molecule has 0 aliphatic carbocycles. The summed E-state index contributed by atoms with van der Waals surface area (Å²) in [6.45, 7) is 0. The van der Waals surface area contributed by atoms with Crippen LogP contribution in [0.3, 0.4) is 0 Å². The molecule has 0 aliphatic heterocycles. The van der Waals surface area contributed by atoms with Crippen LogP contribution in [0.15, 0.2) is 0 Å². The zero-order valence-electron chi connectivity index (χ0n) is 4.59. The van der Waals surface area contributed by atoms with Gasteiger partial charge in [-0.1, -0.05) is 11.6 Å². The van der Waals surface area contributed by atoms with Crippen LogP contribution in [-0.2, 0) is 0 Å². The lowest BCUT2D eigenvalue weighted by Crippen LogP contribution is -2.52. The maximum Gasteiger partial charge on any atom is 0.441 e. The first kappa shape index (κ1) is 10.8. The molecule has 0 saturated heterocycles. The van der Waals surface area contributed by atoms with Gasteiger partial charge in [0.15, 0.2) is 0 Å². The number of aliphatic hydroxyl groups is 1. The summed E-state index contributed by atoms with van der Waals surface area (Å²) >= 11 is 3.79. The lowest BCUT2D eigenvalue weighted by Gasteiger charge is -2.25. The van der Waals surface area contributed by atoms with E-state index in [1.165, 1.54) is 0 Å². The lowest BCUT2D eigenvalue weighted by atomic mass is 10.3. The van der Waals surface area contributed by atoms with E-state index in [4.69, 9.17) is 5.11 Å². The fourth-order valence-electron chi connectivity index (χ4n) is 0.161. The van der Waals surface area contributed by atoms with E-state index in [0.29, 0.717) is 0 Å². The molecule has 0 saturated carbocycles. The monoisotopic (exact) mass is 202 g/mol. The highest BCUT2D eigenvalue weighted by Gasteiger charge is 2.69. The minimum atomic E-state index is -5.92. The molecule has 0 atom stereocenters. The normalized spacial score (nSPS) is 15.3. The zero-order valence-corrected chi connectivity index (χ0v) is 5.35. The van der Waals surface area contributed by atoms with E-state index in [1.54, 1.807) is 0 Å². The van der Waals surface area contributed by atoms with Gasteiger partial charge >= 0.3 is 17.4 Å². The van der Waals surface area contributed by atoms with Crippen molar-refractivity contribution in [1.82, 2.24) is 0 Å². The second-order valence-electron chi connectivity index (χ2n) is 1.62. The predicted octanol–water partition coefficient (Wildman–Crippen LogP) is 2.04. The minimum Gasteiger partial charge on any atom is -0.361 e. The molecule has 0 unspecified atom stereocenters. The van der Waals surface area contributed by atoms with Gasteiger partial charge in [0.2, 0.25) is 0 Å². The van der Waals surface area contributed by atoms with Crippen molar-refractivity contribution < 1.29 is 31.4 Å². The van der Waals surface area contributed by atoms with Gasteiger partial charge in [-0.2, -0.15) is 26.3 Å². The number of hydrogen-bond donors (Lipinski definition) is 1. The van der Waals surface area contributed by atoms with Crippen molar-refractivity contribution in [2.24, 2.45) is 0 Å². The van der Waals surface area contributed by atoms with Crippen LogP contribution in [0.2, 0.25) is 0 Å². The van der Waals surface area contributed by atoms with Crippen molar-refractivity contribution >= 4 is 11.6 Å². The van der Waals surface area contributed by atoms with Crippen LogP contribution in [-0.4, -0.2) is 22.5 Å². The summed E-state index contributed by atoms with van der Waals surface area (Å²) in [5.41, 5.74) is 0. The van der Waals surface area contributed by atoms with Crippen molar-refractivity contribution in [2.75, 3.05) is 0 Å². The molecule has 1 N–H and O–H groups in total. The Labute approximate surface area is 61.6 Å². The second-order valence-corrected chi connectivity index (χ2v) is 2.16. The van der Waals surface area contributed by atoms with Gasteiger partial charge in [-0.05, 0) is 0 Å². The predicted molar refractivity (Wildman–Crippen MR) is 22.9 cm³/mol. The molecule has 0 aliphatic rings. The van der Waals surface area contributed by atoms with Crippen molar-refractivity contribution in [3.63, 3.8) is 0 Å². The van der Waals surface area contributed by atoms with Crippen LogP contribution in [0.5, 0.6) is 0 Å². The standard InChI is InChI=1S/C3HClF6O/c4-1(11,2(5,6)7)3(8,9)10/h11H. The van der Waals surface area contributed by atoms with Crippen LogP contribution in [0, 0.1) is 0 Å². The van der Waals surface area contributed by atoms with Gasteiger partial charge in [-0.3, -0.25) is 0 Å². The topological polar surface area (TPSA) is 20.2 Å². The first-order chi connectivity index (χ1) is 4.50. The molecule has 0 heterocycles. The minimum absolute atomic E-state index is 3.79. The van der Waals surface area contributed by atoms with E-state index in [1.807, 2.05) is 0 Å². The third-order valence-corrected chi connectivity index (χ3v) is 1.18. The van der Waals surface area contributed by atoms with Crippen molar-refractivity contribution in [3.05, 3.63) is 0 Å². The molecule has 0 bridgehead atoms. The van der Waals surface area contributed by atoms with Gasteiger partial charge in [0.05, 0.1) is 0 Å². The summed E-state index contributed by atoms with van der Waals surface area (Å²) < 4.78 is 67.4. The maximum absolute atomic E-state index is 11.2. The van der Waals surface area contributed by atoms with E-state index in [2.05, 4.69) is 11.6 Å². The highest BCUT2D eigenvalue weighted by atomic mass is 35.5. The molecule has 0 aromatic carbocycles. The van der Waals surface area contributed by atoms with Crippen LogP contribution < -0.4 is 0 Å². The van der Waals surface area contributed by atoms with E-state index in [0.717, 1.165) is 0 Å². The smallest absolute Gasteiger partial charge is 0.361 e. The van der Waals surface area contributed by atoms with Crippen LogP contribution >= 0.6 is 11.6 Å². The second kappa shape index (κ2) is 2.41. The van der Waals surface area contributed by atoms with Crippen molar-refractivity contribution in [1.29, 1.82) is 0 Å². The Balaban J connectivity index is 4.75. The molecule has 11 heavy (non-hydrogen) atoms. The molecule has 0 fully saturated rings. The highest BCUT2D eigenvalue weighted by Crippen LogP contribution is 2.45. The summed E-state index contributed by atoms with van der Waals surface area (Å²) in [6, 6.07) is 0. The zero-order chi connectivity index (χ0) is 9.50. The molecule has 0 rings (SSSR count). The average Bonchev–Trinajstić information content (AvgIpc) is 1.58. The maximum atomic E-state index is 11.2. The Bertz CT molecular complexity index is 129. The van der Waals surface area contributed by atoms with E-state index >= 15 is 0 Å². The average molecular weight is 202 g/mol. The Morgan fingerprint density at radius 1 is 0.818 bits per heavy atom. The Morgan fingerprint density at radius 3 is 1.00 bits per heavy atom. The first-order valence-electron chi connectivity index (χ1n) is 2.05. The lowest BCUT2D eigenvalue weighted by molar-refractivity contribution is -0.331. The molecule has 1 nitrogen and oxygen atoms in total. The molecule has 0 radical (unpaired) electrons. The molecular weight excluding hydrogens is 201 g/mol. The van der Waals surface area contributed by atoms with Gasteiger partial charge < -0.3 is 5.11 Å². The fraction of sp³-hybridized carbons (Fsp3) is 1.00. The molecule has 0 aromatic heterocycles. The Morgan fingerprint density at radius 2 is 1.00 bits per heavy atom. The van der Waals surface area contributed by atoms with Crippen molar-refractivity contribution in [2.45, 2.75) is 17.4 Å². The number of hydrogen-bond acceptors (Lipinski definition) is 1. The summed E-state index contributed by atoms with van der Waals surface area (Å²) in [7, 11) is 0. The molecule has 0 spiro atoms. The molecular formula is C3HClF6O. The summed E-state index contributed by atoms with van der Waals surface area (Å²) in [5.74, 6) is 0. The number of halogens is 7. The molecule has 0 amide bonds. The SMILES string of the molecule is OC(Cl)(C(F)(F)F)C(F)(F)F. The van der Waals surface area contributed by atoms with Gasteiger partial charge in [-0.25, -0.2) is 0 Å². The Kier molecular flexibility index (Phi) is 2.37. The summed E-state index contributed by atoms with van der Waals surface area (Å²) in [4.78, 5) is 0. The van der Waals surface area contributed by atoms with E-state index < -0.39 is 17.4 Å². The first-order valence-corrected chi connectivity index (χ1v) is 2.42. The third kappa shape index (κ3) is 1.90. The number of alkyl halides is 7. The Hall–Kier alpha value is -0.170. The van der Waals surface area contributed by atoms with E-state index in [9.17, 15) is 26.3 Å². The van der Waals surface area contributed by atoms with Crippen molar-refractivity contribution in [3.8, 4) is 0 Å². The molecule has 8 heteroatoms. The van der Waals surface area contributed by atoms with Crippen LogP contribution in [0.1, 0.15) is 0 Å². The molecule has 68 valence electrons. The third-order valence-electron chi connectivity index (χ3n) is 0.751. The number of rotatable bonds is 0. The highest BCUT2D eigenvalue weighted by molar-refractivity contribution is 6.23. The van der Waals surface area contributed by atoms with Gasteiger partial charge in [-0.15, -0.1) is 0 Å². The summed E-state index contributed by atoms with van der Waals surface area (Å²) in [5, 5.41) is 2.55. The van der Waals surface area contributed by atoms with E-state index in [-0.39, 0.29) is 0 Å². The quantitative estimate of drug-likeness (QED) is 0.471. The van der Waals surface area contributed by atoms with Crippen LogP contribution in [0.4, 0.5) is 26.3 Å². The van der Waals surface area contributed by atoms with Crippen LogP contribution in [0.25, 0.3) is 0 Å². The van der Waals surface area contributed by atoms with Gasteiger partial charge in [0, 0.05) is 0 Å². The fourth-order valence-corrected chi connectivity index (χ4v) is 0.161. The molecule has 0 aromatic rings. The van der Waals surface area contributed by atoms with Gasteiger partial charge in [0.25, 0.3) is 0 Å². The summed E-state index contributed by atoms with van der Waals surface area (Å²) in [6.07, 6.45) is -11.8. The van der Waals surface area contributed by atoms with Gasteiger partial charge in [0.1, 0.15) is 0 Å². The largest absolute Gasteiger partial charge is 0.441 e.